The van der Waals surface area contributed by atoms with E-state index in [2.05, 4.69) is 10.0 Å². The van der Waals surface area contributed by atoms with Crippen LogP contribution in [0.15, 0.2) is 41.3 Å². The molecule has 1 aliphatic rings. The molecule has 3 rings (SSSR count). The van der Waals surface area contributed by atoms with Gasteiger partial charge in [-0.05, 0) is 37.4 Å². The fourth-order valence-corrected chi connectivity index (χ4v) is 3.39. The summed E-state index contributed by atoms with van der Waals surface area (Å²) in [6.07, 6.45) is 0. The van der Waals surface area contributed by atoms with Gasteiger partial charge in [0, 0.05) is 17.3 Å². The number of hydrogen-bond acceptors (Lipinski definition) is 5. The number of hydrogen-bond donors (Lipinski definition) is 2. The Balaban J connectivity index is 1.87. The summed E-state index contributed by atoms with van der Waals surface area (Å²) in [5.74, 6) is 0.655. The van der Waals surface area contributed by atoms with Crippen molar-refractivity contribution in [1.29, 1.82) is 0 Å². The molecule has 0 saturated carbocycles. The van der Waals surface area contributed by atoms with Gasteiger partial charge >= 0.3 is 0 Å². The Morgan fingerprint density at radius 2 is 1.88 bits per heavy atom. The molecule has 2 aromatic rings. The van der Waals surface area contributed by atoms with Gasteiger partial charge in [0.25, 0.3) is 5.91 Å². The lowest BCUT2D eigenvalue weighted by atomic mass is 10.2. The number of carbonyl (C=O) groups excluding carboxylic acids is 1. The number of anilines is 1. The molecule has 9 heteroatoms. The van der Waals surface area contributed by atoms with E-state index in [1.165, 1.54) is 25.2 Å². The van der Waals surface area contributed by atoms with Gasteiger partial charge in [-0.25, -0.2) is 13.1 Å². The molecule has 0 aliphatic carbocycles. The van der Waals surface area contributed by atoms with Crippen molar-refractivity contribution in [3.05, 3.63) is 47.0 Å². The van der Waals surface area contributed by atoms with Crippen LogP contribution in [0.3, 0.4) is 0 Å². The largest absolute Gasteiger partial charge is 0.454 e. The predicted molar refractivity (Wildman–Crippen MR) is 88.2 cm³/mol. The van der Waals surface area contributed by atoms with Crippen LogP contribution in [0.1, 0.15) is 10.4 Å². The van der Waals surface area contributed by atoms with Crippen molar-refractivity contribution < 1.29 is 22.7 Å². The quantitative estimate of drug-likeness (QED) is 0.863. The van der Waals surface area contributed by atoms with Gasteiger partial charge in [-0.1, -0.05) is 11.6 Å². The van der Waals surface area contributed by atoms with Crippen molar-refractivity contribution in [2.24, 2.45) is 0 Å². The number of amides is 1. The number of fused-ring (bicyclic) bond motifs is 1. The van der Waals surface area contributed by atoms with Gasteiger partial charge in [0.1, 0.15) is 4.90 Å². The number of rotatable bonds is 4. The third-order valence-corrected chi connectivity index (χ3v) is 5.28. The van der Waals surface area contributed by atoms with Gasteiger partial charge in [0.05, 0.1) is 5.02 Å². The fraction of sp³-hybridized carbons (Fsp3) is 0.133. The van der Waals surface area contributed by atoms with Crippen LogP contribution in [0.4, 0.5) is 5.69 Å². The number of benzene rings is 2. The Kier molecular flexibility index (Phi) is 4.35. The van der Waals surface area contributed by atoms with Crippen molar-refractivity contribution in [2.75, 3.05) is 19.2 Å². The van der Waals surface area contributed by atoms with E-state index in [0.29, 0.717) is 17.2 Å². The summed E-state index contributed by atoms with van der Waals surface area (Å²) >= 11 is 5.91. The van der Waals surface area contributed by atoms with Gasteiger partial charge in [-0.2, -0.15) is 0 Å². The lowest BCUT2D eigenvalue weighted by molar-refractivity contribution is 0.102. The van der Waals surface area contributed by atoms with Gasteiger partial charge in [0.2, 0.25) is 16.8 Å². The highest BCUT2D eigenvalue weighted by molar-refractivity contribution is 7.89. The molecule has 0 bridgehead atoms. The van der Waals surface area contributed by atoms with Crippen LogP contribution < -0.4 is 19.5 Å². The van der Waals surface area contributed by atoms with Crippen molar-refractivity contribution >= 4 is 33.2 Å². The van der Waals surface area contributed by atoms with Crippen LogP contribution in [0.5, 0.6) is 11.5 Å². The highest BCUT2D eigenvalue weighted by atomic mass is 35.5. The molecule has 1 heterocycles. The highest BCUT2D eigenvalue weighted by Gasteiger charge is 2.19. The molecular weight excluding hydrogens is 356 g/mol. The van der Waals surface area contributed by atoms with Crippen molar-refractivity contribution in [2.45, 2.75) is 4.90 Å². The van der Waals surface area contributed by atoms with E-state index >= 15 is 0 Å². The maximum absolute atomic E-state index is 12.4. The van der Waals surface area contributed by atoms with Crippen molar-refractivity contribution in [3.63, 3.8) is 0 Å². The highest BCUT2D eigenvalue weighted by Crippen LogP contribution is 2.34. The third kappa shape index (κ3) is 3.16. The van der Waals surface area contributed by atoms with E-state index in [9.17, 15) is 13.2 Å². The second kappa shape index (κ2) is 6.31. The van der Waals surface area contributed by atoms with E-state index in [-0.39, 0.29) is 22.3 Å². The third-order valence-electron chi connectivity index (χ3n) is 3.38. The molecule has 1 aliphatic heterocycles. The van der Waals surface area contributed by atoms with E-state index in [0.717, 1.165) is 0 Å². The van der Waals surface area contributed by atoms with E-state index in [1.54, 1.807) is 18.2 Å². The maximum Gasteiger partial charge on any atom is 0.255 e. The van der Waals surface area contributed by atoms with Gasteiger partial charge in [-0.15, -0.1) is 0 Å². The maximum atomic E-state index is 12.4. The molecule has 0 fully saturated rings. The first kappa shape index (κ1) is 16.6. The molecule has 126 valence electrons. The molecular formula is C15H13ClN2O5S. The van der Waals surface area contributed by atoms with Crippen LogP contribution in [-0.4, -0.2) is 28.2 Å². The average Bonchev–Trinajstić information content (AvgIpc) is 3.02. The zero-order valence-corrected chi connectivity index (χ0v) is 14.1. The molecule has 0 atom stereocenters. The molecule has 0 unspecified atom stereocenters. The summed E-state index contributed by atoms with van der Waals surface area (Å²) in [5.41, 5.74) is 0.656. The lowest BCUT2D eigenvalue weighted by Gasteiger charge is -2.09. The number of ether oxygens (including phenoxy) is 2. The standard InChI is InChI=1S/C15H13ClN2O5S/c1-17-24(20,21)14-6-9(2-4-11(14)16)15(19)18-10-3-5-12-13(7-10)23-8-22-12/h2-7,17H,8H2,1H3,(H,18,19). The molecule has 24 heavy (non-hydrogen) atoms. The Labute approximate surface area is 143 Å². The fourth-order valence-electron chi connectivity index (χ4n) is 2.14. The van der Waals surface area contributed by atoms with Gasteiger partial charge < -0.3 is 14.8 Å². The molecule has 7 nitrogen and oxygen atoms in total. The average molecular weight is 369 g/mol. The first-order valence-electron chi connectivity index (χ1n) is 6.85. The van der Waals surface area contributed by atoms with Crippen LogP contribution in [0.25, 0.3) is 0 Å². The minimum atomic E-state index is -3.76. The summed E-state index contributed by atoms with van der Waals surface area (Å²) in [5, 5.41) is 2.70. The molecule has 0 spiro atoms. The van der Waals surface area contributed by atoms with Gasteiger partial charge in [-0.3, -0.25) is 4.79 Å². The van der Waals surface area contributed by atoms with Crippen molar-refractivity contribution in [3.8, 4) is 11.5 Å². The van der Waals surface area contributed by atoms with Crippen molar-refractivity contribution in [1.82, 2.24) is 4.72 Å². The number of sulfonamides is 1. The topological polar surface area (TPSA) is 93.7 Å². The van der Waals surface area contributed by atoms with Crippen LogP contribution in [-0.2, 0) is 10.0 Å². The SMILES string of the molecule is CNS(=O)(=O)c1cc(C(=O)Nc2ccc3c(c2)OCO3)ccc1Cl. The Morgan fingerprint density at radius 3 is 2.62 bits per heavy atom. The molecule has 2 aromatic carbocycles. The number of halogens is 1. The molecule has 0 saturated heterocycles. The summed E-state index contributed by atoms with van der Waals surface area (Å²) in [7, 11) is -2.50. The molecule has 0 aromatic heterocycles. The monoisotopic (exact) mass is 368 g/mol. The van der Waals surface area contributed by atoms with E-state index in [4.69, 9.17) is 21.1 Å². The van der Waals surface area contributed by atoms with E-state index in [1.807, 2.05) is 0 Å². The first-order chi connectivity index (χ1) is 11.4. The molecule has 0 radical (unpaired) electrons. The molecule has 2 N–H and O–H groups in total. The van der Waals surface area contributed by atoms with Crippen LogP contribution in [0.2, 0.25) is 5.02 Å². The Morgan fingerprint density at radius 1 is 1.12 bits per heavy atom. The zero-order chi connectivity index (χ0) is 17.3. The zero-order valence-electron chi connectivity index (χ0n) is 12.5. The van der Waals surface area contributed by atoms with Crippen LogP contribution in [0, 0.1) is 0 Å². The molecule has 1 amide bonds. The summed E-state index contributed by atoms with van der Waals surface area (Å²) in [6, 6.07) is 8.99. The predicted octanol–water partition coefficient (Wildman–Crippen LogP) is 2.23. The van der Waals surface area contributed by atoms with Gasteiger partial charge in [0.15, 0.2) is 11.5 Å². The summed E-state index contributed by atoms with van der Waals surface area (Å²) in [6.45, 7) is 0.134. The van der Waals surface area contributed by atoms with Crippen LogP contribution >= 0.6 is 11.6 Å². The minimum absolute atomic E-state index is 0.0315. The smallest absolute Gasteiger partial charge is 0.255 e. The number of carbonyl (C=O) groups is 1. The lowest BCUT2D eigenvalue weighted by Crippen LogP contribution is -2.20. The minimum Gasteiger partial charge on any atom is -0.454 e. The first-order valence-corrected chi connectivity index (χ1v) is 8.71. The Bertz CT molecular complexity index is 914. The summed E-state index contributed by atoms with van der Waals surface area (Å²) in [4.78, 5) is 12.2. The second-order valence-corrected chi connectivity index (χ2v) is 7.14. The Hall–Kier alpha value is -2.29. The summed E-state index contributed by atoms with van der Waals surface area (Å²) < 4.78 is 36.5. The number of nitrogens with one attached hydrogen (secondary N) is 2. The second-order valence-electron chi connectivity index (χ2n) is 4.87. The van der Waals surface area contributed by atoms with E-state index < -0.39 is 15.9 Å². The normalized spacial score (nSPS) is 12.9.